The third-order valence-corrected chi connectivity index (χ3v) is 2.93. The molecule has 2 atom stereocenters. The first kappa shape index (κ1) is 15.9. The average Bonchev–Trinajstić information content (AvgIpc) is 2.33. The highest BCUT2D eigenvalue weighted by Gasteiger charge is 2.28. The maximum atomic E-state index is 13.5. The van der Waals surface area contributed by atoms with Gasteiger partial charge in [-0.3, -0.25) is 0 Å². The van der Waals surface area contributed by atoms with Crippen LogP contribution >= 0.6 is 0 Å². The standard InChI is InChI=1S/C13H17F4NO/c1-6(2)3-4-9(19)13(18)10-11(16)7(14)5-8(15)12(10)17/h5-6,9,13,19H,3-4,18H2,1-2H3/t9-,13-/m1/s1. The molecule has 0 aliphatic rings. The molecular weight excluding hydrogens is 262 g/mol. The highest BCUT2D eigenvalue weighted by molar-refractivity contribution is 5.26. The Labute approximate surface area is 109 Å². The Hall–Kier alpha value is -1.14. The number of halogens is 4. The lowest BCUT2D eigenvalue weighted by molar-refractivity contribution is 0.124. The number of benzene rings is 1. The van der Waals surface area contributed by atoms with E-state index < -0.39 is 41.0 Å². The van der Waals surface area contributed by atoms with Crippen molar-refractivity contribution in [1.82, 2.24) is 0 Å². The summed E-state index contributed by atoms with van der Waals surface area (Å²) < 4.78 is 53.0. The van der Waals surface area contributed by atoms with E-state index >= 15 is 0 Å². The Morgan fingerprint density at radius 1 is 1.05 bits per heavy atom. The minimum absolute atomic E-state index is 0.112. The maximum Gasteiger partial charge on any atom is 0.166 e. The summed E-state index contributed by atoms with van der Waals surface area (Å²) in [7, 11) is 0. The van der Waals surface area contributed by atoms with Gasteiger partial charge in [-0.1, -0.05) is 13.8 Å². The predicted octanol–water partition coefficient (Wildman–Crippen LogP) is 3.04. The number of nitrogens with two attached hydrogens (primary N) is 1. The fourth-order valence-corrected chi connectivity index (χ4v) is 1.76. The van der Waals surface area contributed by atoms with Crippen molar-refractivity contribution < 1.29 is 22.7 Å². The summed E-state index contributed by atoms with van der Waals surface area (Å²) in [5.74, 6) is -5.91. The first-order valence-corrected chi connectivity index (χ1v) is 6.02. The lowest BCUT2D eigenvalue weighted by atomic mass is 9.95. The van der Waals surface area contributed by atoms with Gasteiger partial charge in [-0.2, -0.15) is 0 Å². The number of hydrogen-bond acceptors (Lipinski definition) is 2. The van der Waals surface area contributed by atoms with Crippen molar-refractivity contribution in [2.24, 2.45) is 11.7 Å². The third-order valence-electron chi connectivity index (χ3n) is 2.93. The summed E-state index contributed by atoms with van der Waals surface area (Å²) in [6.07, 6.45) is -0.501. The smallest absolute Gasteiger partial charge is 0.166 e. The predicted molar refractivity (Wildman–Crippen MR) is 63.3 cm³/mol. The van der Waals surface area contributed by atoms with E-state index in [0.29, 0.717) is 6.42 Å². The second-order valence-electron chi connectivity index (χ2n) is 4.95. The Kier molecular flexibility index (Phi) is 5.31. The van der Waals surface area contributed by atoms with E-state index in [1.807, 2.05) is 13.8 Å². The molecule has 0 aliphatic heterocycles. The second kappa shape index (κ2) is 6.34. The average molecular weight is 279 g/mol. The number of aliphatic hydroxyl groups excluding tert-OH is 1. The number of aliphatic hydroxyl groups is 1. The molecule has 108 valence electrons. The van der Waals surface area contributed by atoms with Gasteiger partial charge in [0.2, 0.25) is 0 Å². The summed E-state index contributed by atoms with van der Waals surface area (Å²) in [6.45, 7) is 3.81. The SMILES string of the molecule is CC(C)CC[C@@H](O)[C@@H](N)c1c(F)c(F)cc(F)c1F. The van der Waals surface area contributed by atoms with E-state index in [9.17, 15) is 22.7 Å². The van der Waals surface area contributed by atoms with E-state index in [1.54, 1.807) is 0 Å². The summed E-state index contributed by atoms with van der Waals surface area (Å²) in [5.41, 5.74) is 4.55. The molecular formula is C13H17F4NO. The molecule has 0 saturated carbocycles. The quantitative estimate of drug-likeness (QED) is 0.643. The van der Waals surface area contributed by atoms with E-state index in [0.717, 1.165) is 0 Å². The molecule has 0 heterocycles. The van der Waals surface area contributed by atoms with E-state index in [4.69, 9.17) is 5.73 Å². The van der Waals surface area contributed by atoms with Gasteiger partial charge in [-0.05, 0) is 18.8 Å². The molecule has 0 spiro atoms. The van der Waals surface area contributed by atoms with E-state index in [2.05, 4.69) is 0 Å². The molecule has 1 aromatic rings. The molecule has 19 heavy (non-hydrogen) atoms. The van der Waals surface area contributed by atoms with Crippen LogP contribution in [0.15, 0.2) is 6.07 Å². The lowest BCUT2D eigenvalue weighted by Crippen LogP contribution is -2.29. The minimum Gasteiger partial charge on any atom is -0.391 e. The zero-order chi connectivity index (χ0) is 14.7. The molecule has 0 aliphatic carbocycles. The largest absolute Gasteiger partial charge is 0.391 e. The summed E-state index contributed by atoms with van der Waals surface area (Å²) >= 11 is 0. The normalized spacial score (nSPS) is 14.8. The van der Waals surface area contributed by atoms with Crippen LogP contribution in [-0.2, 0) is 0 Å². The van der Waals surface area contributed by atoms with Gasteiger partial charge in [-0.15, -0.1) is 0 Å². The Bertz CT molecular complexity index is 425. The van der Waals surface area contributed by atoms with Crippen LogP contribution in [0.3, 0.4) is 0 Å². The van der Waals surface area contributed by atoms with Gasteiger partial charge >= 0.3 is 0 Å². The van der Waals surface area contributed by atoms with Gasteiger partial charge in [0, 0.05) is 11.6 Å². The monoisotopic (exact) mass is 279 g/mol. The molecule has 0 amide bonds. The van der Waals surface area contributed by atoms with E-state index in [-0.39, 0.29) is 18.4 Å². The minimum atomic E-state index is -1.56. The maximum absolute atomic E-state index is 13.5. The van der Waals surface area contributed by atoms with Gasteiger partial charge < -0.3 is 10.8 Å². The summed E-state index contributed by atoms with van der Waals surface area (Å²) in [5, 5.41) is 9.75. The second-order valence-corrected chi connectivity index (χ2v) is 4.95. The fourth-order valence-electron chi connectivity index (χ4n) is 1.76. The van der Waals surface area contributed by atoms with Crippen LogP contribution < -0.4 is 5.73 Å². The summed E-state index contributed by atoms with van der Waals surface area (Å²) in [6, 6.07) is -1.40. The van der Waals surface area contributed by atoms with Gasteiger partial charge in [0.05, 0.1) is 12.1 Å². The molecule has 6 heteroatoms. The lowest BCUT2D eigenvalue weighted by Gasteiger charge is -2.21. The highest BCUT2D eigenvalue weighted by Crippen LogP contribution is 2.27. The topological polar surface area (TPSA) is 46.2 Å². The third kappa shape index (κ3) is 3.67. The Morgan fingerprint density at radius 3 is 1.95 bits per heavy atom. The molecule has 1 aromatic carbocycles. The zero-order valence-corrected chi connectivity index (χ0v) is 10.8. The van der Waals surface area contributed by atoms with Crippen LogP contribution in [0, 0.1) is 29.2 Å². The van der Waals surface area contributed by atoms with Crippen molar-refractivity contribution in [3.8, 4) is 0 Å². The fraction of sp³-hybridized carbons (Fsp3) is 0.538. The van der Waals surface area contributed by atoms with Crippen molar-refractivity contribution >= 4 is 0 Å². The van der Waals surface area contributed by atoms with Crippen LogP contribution in [0.1, 0.15) is 38.3 Å². The first-order chi connectivity index (χ1) is 8.75. The molecule has 0 fully saturated rings. The summed E-state index contributed by atoms with van der Waals surface area (Å²) in [4.78, 5) is 0. The van der Waals surface area contributed by atoms with E-state index in [1.165, 1.54) is 0 Å². The van der Waals surface area contributed by atoms with Crippen LogP contribution in [0.25, 0.3) is 0 Å². The van der Waals surface area contributed by atoms with Crippen LogP contribution in [-0.4, -0.2) is 11.2 Å². The number of hydrogen-bond donors (Lipinski definition) is 2. The van der Waals surface area contributed by atoms with Crippen molar-refractivity contribution in [2.45, 2.75) is 38.8 Å². The Balaban J connectivity index is 3.02. The van der Waals surface area contributed by atoms with Crippen molar-refractivity contribution in [3.05, 3.63) is 34.9 Å². The first-order valence-electron chi connectivity index (χ1n) is 6.02. The van der Waals surface area contributed by atoms with Gasteiger partial charge in [0.25, 0.3) is 0 Å². The van der Waals surface area contributed by atoms with Gasteiger partial charge in [0.15, 0.2) is 23.3 Å². The van der Waals surface area contributed by atoms with Gasteiger partial charge in [0.1, 0.15) is 0 Å². The molecule has 0 radical (unpaired) electrons. The van der Waals surface area contributed by atoms with Crippen molar-refractivity contribution in [1.29, 1.82) is 0 Å². The van der Waals surface area contributed by atoms with Crippen LogP contribution in [0.4, 0.5) is 17.6 Å². The molecule has 2 nitrogen and oxygen atoms in total. The molecule has 0 saturated heterocycles. The molecule has 0 unspecified atom stereocenters. The Morgan fingerprint density at radius 2 is 1.53 bits per heavy atom. The molecule has 3 N–H and O–H groups in total. The highest BCUT2D eigenvalue weighted by atomic mass is 19.2. The van der Waals surface area contributed by atoms with Crippen molar-refractivity contribution in [2.75, 3.05) is 0 Å². The molecule has 0 aromatic heterocycles. The van der Waals surface area contributed by atoms with Gasteiger partial charge in [-0.25, -0.2) is 17.6 Å². The van der Waals surface area contributed by atoms with Crippen LogP contribution in [0.2, 0.25) is 0 Å². The molecule has 0 bridgehead atoms. The van der Waals surface area contributed by atoms with Crippen LogP contribution in [0.5, 0.6) is 0 Å². The van der Waals surface area contributed by atoms with Crippen molar-refractivity contribution in [3.63, 3.8) is 0 Å². The zero-order valence-electron chi connectivity index (χ0n) is 10.8. The molecule has 1 rings (SSSR count). The number of rotatable bonds is 5.